The molecule has 1 unspecified atom stereocenters. The molecule has 6 heteroatoms. The second-order valence-electron chi connectivity index (χ2n) is 5.33. The number of ether oxygens (including phenoxy) is 1. The molecule has 1 atom stereocenters. The number of carbonyl (C=O) groups excluding carboxylic acids is 1. The zero-order chi connectivity index (χ0) is 18.1. The van der Waals surface area contributed by atoms with Crippen LogP contribution in [0.5, 0.6) is 11.5 Å². The molecule has 1 amide bonds. The number of phenols is 1. The van der Waals surface area contributed by atoms with Crippen LogP contribution in [0.25, 0.3) is 0 Å². The quantitative estimate of drug-likeness (QED) is 0.559. The van der Waals surface area contributed by atoms with Gasteiger partial charge in [-0.2, -0.15) is 5.10 Å². The van der Waals surface area contributed by atoms with E-state index in [0.29, 0.717) is 12.4 Å². The molecule has 2 aromatic rings. The zero-order valence-electron chi connectivity index (χ0n) is 14.3. The van der Waals surface area contributed by atoms with Gasteiger partial charge in [0, 0.05) is 5.75 Å². The van der Waals surface area contributed by atoms with Gasteiger partial charge < -0.3 is 9.84 Å². The lowest BCUT2D eigenvalue weighted by atomic mass is 10.2. The number of thioether (sulfide) groups is 1. The van der Waals surface area contributed by atoms with E-state index in [0.717, 1.165) is 11.3 Å². The third-order valence-corrected chi connectivity index (χ3v) is 4.60. The number of amides is 1. The summed E-state index contributed by atoms with van der Waals surface area (Å²) in [4.78, 5) is 12.1. The van der Waals surface area contributed by atoms with E-state index in [1.165, 1.54) is 17.8 Å². The van der Waals surface area contributed by atoms with Crippen molar-refractivity contribution in [1.82, 2.24) is 5.43 Å². The van der Waals surface area contributed by atoms with Gasteiger partial charge in [0.1, 0.15) is 0 Å². The van der Waals surface area contributed by atoms with E-state index in [4.69, 9.17) is 4.74 Å². The van der Waals surface area contributed by atoms with Crippen molar-refractivity contribution in [3.05, 3.63) is 59.7 Å². The molecule has 0 fully saturated rings. The summed E-state index contributed by atoms with van der Waals surface area (Å²) < 4.78 is 5.31. The molecule has 25 heavy (non-hydrogen) atoms. The molecule has 0 saturated carbocycles. The highest BCUT2D eigenvalue weighted by molar-refractivity contribution is 7.99. The second-order valence-corrected chi connectivity index (χ2v) is 6.66. The van der Waals surface area contributed by atoms with Gasteiger partial charge in [-0.15, -0.1) is 11.8 Å². The molecule has 2 rings (SSSR count). The van der Waals surface area contributed by atoms with Gasteiger partial charge in [-0.25, -0.2) is 5.43 Å². The van der Waals surface area contributed by atoms with Gasteiger partial charge in [-0.1, -0.05) is 30.3 Å². The van der Waals surface area contributed by atoms with Crippen molar-refractivity contribution in [3.8, 4) is 11.5 Å². The monoisotopic (exact) mass is 358 g/mol. The highest BCUT2D eigenvalue weighted by atomic mass is 32.2. The number of phenolic OH excluding ortho intramolecular Hbond substituents is 1. The van der Waals surface area contributed by atoms with Crippen LogP contribution in [0.3, 0.4) is 0 Å². The van der Waals surface area contributed by atoms with E-state index in [1.807, 2.05) is 44.2 Å². The van der Waals surface area contributed by atoms with Crippen molar-refractivity contribution in [3.63, 3.8) is 0 Å². The average molecular weight is 358 g/mol. The van der Waals surface area contributed by atoms with Crippen LogP contribution in [0.2, 0.25) is 0 Å². The van der Waals surface area contributed by atoms with Crippen LogP contribution in [0.4, 0.5) is 0 Å². The molecule has 0 spiro atoms. The minimum Gasteiger partial charge on any atom is -0.504 e. The van der Waals surface area contributed by atoms with Crippen LogP contribution in [-0.2, 0) is 10.5 Å². The van der Waals surface area contributed by atoms with Crippen molar-refractivity contribution in [2.24, 2.45) is 5.10 Å². The molecule has 0 saturated heterocycles. The third-order valence-electron chi connectivity index (χ3n) is 3.38. The van der Waals surface area contributed by atoms with E-state index in [9.17, 15) is 9.90 Å². The first kappa shape index (κ1) is 18.9. The average Bonchev–Trinajstić information content (AvgIpc) is 2.63. The zero-order valence-corrected chi connectivity index (χ0v) is 15.1. The molecule has 132 valence electrons. The summed E-state index contributed by atoms with van der Waals surface area (Å²) in [5.41, 5.74) is 4.45. The van der Waals surface area contributed by atoms with Crippen LogP contribution in [-0.4, -0.2) is 29.1 Å². The van der Waals surface area contributed by atoms with Gasteiger partial charge in [0.25, 0.3) is 5.91 Å². The molecule has 5 nitrogen and oxygen atoms in total. The first-order chi connectivity index (χ1) is 12.1. The van der Waals surface area contributed by atoms with Crippen LogP contribution in [0.15, 0.2) is 53.6 Å². The van der Waals surface area contributed by atoms with Crippen molar-refractivity contribution in [2.75, 3.05) is 6.61 Å². The Balaban J connectivity index is 1.84. The minimum atomic E-state index is -0.212. The van der Waals surface area contributed by atoms with Crippen LogP contribution in [0.1, 0.15) is 25.0 Å². The molecule has 0 aliphatic heterocycles. The number of nitrogens with zero attached hydrogens (tertiary/aromatic N) is 1. The Morgan fingerprint density at radius 1 is 1.32 bits per heavy atom. The van der Waals surface area contributed by atoms with E-state index in [2.05, 4.69) is 10.5 Å². The number of hydrogen-bond donors (Lipinski definition) is 2. The van der Waals surface area contributed by atoms with Crippen LogP contribution >= 0.6 is 11.8 Å². The molecule has 0 aliphatic carbocycles. The number of benzene rings is 2. The SMILES string of the molecule is CCOc1cc(/C=N/NC(=O)C(C)SCc2ccccc2)ccc1O. The number of carbonyl (C=O) groups is 1. The van der Waals surface area contributed by atoms with Crippen LogP contribution < -0.4 is 10.2 Å². The predicted molar refractivity (Wildman–Crippen MR) is 102 cm³/mol. The molecule has 2 aromatic carbocycles. The molecule has 0 aromatic heterocycles. The Bertz CT molecular complexity index is 720. The van der Waals surface area contributed by atoms with Crippen molar-refractivity contribution < 1.29 is 14.6 Å². The van der Waals surface area contributed by atoms with Crippen molar-refractivity contribution >= 4 is 23.9 Å². The minimum absolute atomic E-state index is 0.0777. The lowest BCUT2D eigenvalue weighted by Gasteiger charge is -2.09. The number of rotatable bonds is 8. The highest BCUT2D eigenvalue weighted by Gasteiger charge is 2.12. The van der Waals surface area contributed by atoms with E-state index in [1.54, 1.807) is 23.9 Å². The number of aromatic hydroxyl groups is 1. The molecule has 2 N–H and O–H groups in total. The fourth-order valence-electron chi connectivity index (χ4n) is 2.01. The van der Waals surface area contributed by atoms with Crippen molar-refractivity contribution in [1.29, 1.82) is 0 Å². The summed E-state index contributed by atoms with van der Waals surface area (Å²) in [6.07, 6.45) is 1.52. The Hall–Kier alpha value is -2.47. The number of hydrazone groups is 1. The third kappa shape index (κ3) is 6.15. The lowest BCUT2D eigenvalue weighted by molar-refractivity contribution is -0.120. The van der Waals surface area contributed by atoms with Gasteiger partial charge in [0.2, 0.25) is 0 Å². The molecule has 0 aliphatic rings. The summed E-state index contributed by atoms with van der Waals surface area (Å²) >= 11 is 1.56. The summed E-state index contributed by atoms with van der Waals surface area (Å²) in [6, 6.07) is 14.9. The molecule has 0 heterocycles. The predicted octanol–water partition coefficient (Wildman–Crippen LogP) is 3.56. The number of hydrogen-bond acceptors (Lipinski definition) is 5. The first-order valence-electron chi connectivity index (χ1n) is 8.04. The second kappa shape index (κ2) is 9.74. The fraction of sp³-hybridized carbons (Fsp3) is 0.263. The maximum Gasteiger partial charge on any atom is 0.252 e. The summed E-state index contributed by atoms with van der Waals surface area (Å²) in [6.45, 7) is 4.15. The molecular weight excluding hydrogens is 336 g/mol. The largest absolute Gasteiger partial charge is 0.504 e. The lowest BCUT2D eigenvalue weighted by Crippen LogP contribution is -2.27. The van der Waals surface area contributed by atoms with E-state index in [-0.39, 0.29) is 16.9 Å². The van der Waals surface area contributed by atoms with Crippen LogP contribution in [0, 0.1) is 0 Å². The van der Waals surface area contributed by atoms with Crippen molar-refractivity contribution in [2.45, 2.75) is 24.9 Å². The van der Waals surface area contributed by atoms with E-state index < -0.39 is 0 Å². The highest BCUT2D eigenvalue weighted by Crippen LogP contribution is 2.26. The van der Waals surface area contributed by atoms with Gasteiger partial charge in [-0.3, -0.25) is 4.79 Å². The summed E-state index contributed by atoms with van der Waals surface area (Å²) in [7, 11) is 0. The smallest absolute Gasteiger partial charge is 0.252 e. The maximum absolute atomic E-state index is 12.1. The topological polar surface area (TPSA) is 70.9 Å². The Labute approximate surface area is 152 Å². The Morgan fingerprint density at radius 3 is 2.80 bits per heavy atom. The normalized spacial score (nSPS) is 12.1. The Morgan fingerprint density at radius 2 is 2.08 bits per heavy atom. The molecular formula is C19H22N2O3S. The maximum atomic E-state index is 12.1. The van der Waals surface area contributed by atoms with Gasteiger partial charge in [0.15, 0.2) is 11.5 Å². The van der Waals surface area contributed by atoms with Gasteiger partial charge in [0.05, 0.1) is 18.1 Å². The Kier molecular flexibility index (Phi) is 7.35. The standard InChI is InChI=1S/C19H22N2O3S/c1-3-24-18-11-16(9-10-17(18)22)12-20-21-19(23)14(2)25-13-15-7-5-4-6-8-15/h4-12,14,22H,3,13H2,1-2H3,(H,21,23)/b20-12+. The van der Waals surface area contributed by atoms with Gasteiger partial charge >= 0.3 is 0 Å². The molecule has 0 radical (unpaired) electrons. The molecule has 0 bridgehead atoms. The summed E-state index contributed by atoms with van der Waals surface area (Å²) in [5, 5.41) is 13.4. The first-order valence-corrected chi connectivity index (χ1v) is 9.09. The fourth-order valence-corrected chi connectivity index (χ4v) is 2.85. The number of nitrogens with one attached hydrogen (secondary N) is 1. The van der Waals surface area contributed by atoms with E-state index >= 15 is 0 Å². The summed E-state index contributed by atoms with van der Waals surface area (Å²) in [5.74, 6) is 1.09. The van der Waals surface area contributed by atoms with Gasteiger partial charge in [-0.05, 0) is 43.2 Å².